The van der Waals surface area contributed by atoms with Crippen LogP contribution in [0.3, 0.4) is 0 Å². The van der Waals surface area contributed by atoms with E-state index in [2.05, 4.69) is 19.9 Å². The zero-order valence-electron chi connectivity index (χ0n) is 21.3. The van der Waals surface area contributed by atoms with E-state index in [9.17, 15) is 19.5 Å². The van der Waals surface area contributed by atoms with Crippen molar-refractivity contribution >= 4 is 17.9 Å². The van der Waals surface area contributed by atoms with Crippen molar-refractivity contribution in [1.29, 1.82) is 0 Å². The van der Waals surface area contributed by atoms with E-state index < -0.39 is 52.1 Å². The lowest BCUT2D eigenvalue weighted by molar-refractivity contribution is -0.230. The van der Waals surface area contributed by atoms with Crippen LogP contribution in [0.15, 0.2) is 36.0 Å². The number of hydrogen-bond acceptors (Lipinski definition) is 9. The Labute approximate surface area is 215 Å². The summed E-state index contributed by atoms with van der Waals surface area (Å²) in [4.78, 5) is 35.2. The van der Waals surface area contributed by atoms with Crippen LogP contribution in [0.5, 0.6) is 0 Å². The Hall–Kier alpha value is -2.53. The van der Waals surface area contributed by atoms with Crippen molar-refractivity contribution in [3.8, 4) is 0 Å². The van der Waals surface area contributed by atoms with Gasteiger partial charge >= 0.3 is 17.9 Å². The third kappa shape index (κ3) is 4.14. The van der Waals surface area contributed by atoms with Crippen molar-refractivity contribution in [2.75, 3.05) is 19.8 Å². The van der Waals surface area contributed by atoms with Gasteiger partial charge < -0.3 is 33.9 Å². The first-order valence-corrected chi connectivity index (χ1v) is 12.7. The Morgan fingerprint density at radius 2 is 1.92 bits per heavy atom. The third-order valence-electron chi connectivity index (χ3n) is 9.24. The summed E-state index contributed by atoms with van der Waals surface area (Å²) in [7, 11) is 0. The van der Waals surface area contributed by atoms with Gasteiger partial charge in [-0.2, -0.15) is 0 Å². The fraction of sp³-hybridized carbons (Fsp3) is 0.667. The van der Waals surface area contributed by atoms with Crippen LogP contribution in [0.25, 0.3) is 0 Å². The molecule has 5 rings (SSSR count). The number of epoxide rings is 2. The minimum Gasteiger partial charge on any atom is -0.478 e. The van der Waals surface area contributed by atoms with Crippen molar-refractivity contribution in [3.05, 3.63) is 36.0 Å². The molecular formula is C27H34O10. The van der Waals surface area contributed by atoms with Gasteiger partial charge in [-0.05, 0) is 26.7 Å². The SMILES string of the molecule is CC1=C[C@H]2O[C@@H]3C[C@@H](O)[C@@](C)(C34CO4)[C@@]2(COC(=O)[C@H]2O[C@]2(C)CCOC(=O)/C=C/C=C\C(=O)O)CC1. The topological polar surface area (TPSA) is 144 Å². The van der Waals surface area contributed by atoms with Crippen molar-refractivity contribution in [1.82, 2.24) is 0 Å². The van der Waals surface area contributed by atoms with Gasteiger partial charge in [-0.25, -0.2) is 14.4 Å². The van der Waals surface area contributed by atoms with Gasteiger partial charge in [0.25, 0.3) is 0 Å². The summed E-state index contributed by atoms with van der Waals surface area (Å²) in [5, 5.41) is 19.7. The van der Waals surface area contributed by atoms with E-state index in [0.717, 1.165) is 18.6 Å². The van der Waals surface area contributed by atoms with E-state index in [1.807, 2.05) is 0 Å². The molecule has 10 heteroatoms. The average molecular weight is 519 g/mol. The number of carboxylic acid groups (broad SMARTS) is 1. The summed E-state index contributed by atoms with van der Waals surface area (Å²) in [6.45, 7) is 6.53. The molecule has 3 heterocycles. The van der Waals surface area contributed by atoms with Crippen LogP contribution < -0.4 is 0 Å². The van der Waals surface area contributed by atoms with Gasteiger partial charge in [0.15, 0.2) is 6.10 Å². The molecule has 37 heavy (non-hydrogen) atoms. The van der Waals surface area contributed by atoms with Crippen molar-refractivity contribution in [2.24, 2.45) is 10.8 Å². The molecule has 3 saturated heterocycles. The van der Waals surface area contributed by atoms with Crippen LogP contribution in [0.4, 0.5) is 0 Å². The molecule has 2 aliphatic carbocycles. The van der Waals surface area contributed by atoms with Crippen LogP contribution in [0, 0.1) is 10.8 Å². The molecule has 0 aromatic rings. The zero-order valence-corrected chi connectivity index (χ0v) is 21.3. The number of hydrogen-bond donors (Lipinski definition) is 2. The molecule has 0 aromatic carbocycles. The smallest absolute Gasteiger partial charge is 0.338 e. The highest BCUT2D eigenvalue weighted by molar-refractivity contribution is 5.83. The summed E-state index contributed by atoms with van der Waals surface area (Å²) in [6, 6.07) is 0. The Bertz CT molecular complexity index is 1070. The Kier molecular flexibility index (Phi) is 6.38. The lowest BCUT2D eigenvalue weighted by Crippen LogP contribution is -2.66. The number of fused-ring (bicyclic) bond motifs is 2. The lowest BCUT2D eigenvalue weighted by atomic mass is 9.51. The molecule has 8 atom stereocenters. The number of allylic oxidation sites excluding steroid dienone is 3. The molecule has 3 aliphatic heterocycles. The summed E-state index contributed by atoms with van der Waals surface area (Å²) >= 11 is 0. The first kappa shape index (κ1) is 26.1. The van der Waals surface area contributed by atoms with Gasteiger partial charge in [-0.3, -0.25) is 0 Å². The molecule has 2 bridgehead atoms. The first-order valence-electron chi connectivity index (χ1n) is 12.7. The second-order valence-corrected chi connectivity index (χ2v) is 11.2. The number of esters is 2. The number of carbonyl (C=O) groups excluding carboxylic acids is 2. The standard InChI is InChI=1S/C27H34O10/c1-16-8-9-26(18(12-16)36-19-13-17(28)25(26,3)27(19)15-35-27)14-34-23(32)22-24(2,37-22)10-11-33-21(31)7-5-4-6-20(29)30/h4-7,12,17-19,22,28H,8-11,13-15H2,1-3H3,(H,29,30)/b6-4-,7-5+/t17-,18-,19-,22-,24-,25-,26-,27?/m1/s1. The fourth-order valence-electron chi connectivity index (χ4n) is 6.67. The van der Waals surface area contributed by atoms with E-state index in [1.54, 1.807) is 6.92 Å². The summed E-state index contributed by atoms with van der Waals surface area (Å²) < 4.78 is 29.1. The van der Waals surface area contributed by atoms with Crippen LogP contribution in [0.1, 0.15) is 46.5 Å². The van der Waals surface area contributed by atoms with Crippen molar-refractivity contribution in [2.45, 2.75) is 82.1 Å². The van der Waals surface area contributed by atoms with Gasteiger partial charge in [0.05, 0.1) is 31.5 Å². The second-order valence-electron chi connectivity index (χ2n) is 11.2. The normalized spacial score (nSPS) is 43.5. The Morgan fingerprint density at radius 3 is 2.62 bits per heavy atom. The number of aliphatic hydroxyl groups excluding tert-OH is 1. The monoisotopic (exact) mass is 518 g/mol. The minimum absolute atomic E-state index is 0.0293. The maximum Gasteiger partial charge on any atom is 0.338 e. The number of aliphatic hydroxyl groups is 1. The van der Waals surface area contributed by atoms with Gasteiger partial charge in [-0.1, -0.05) is 30.7 Å². The van der Waals surface area contributed by atoms with Crippen LogP contribution in [-0.4, -0.2) is 83.6 Å². The van der Waals surface area contributed by atoms with E-state index in [1.165, 1.54) is 17.7 Å². The molecule has 0 aromatic heterocycles. The van der Waals surface area contributed by atoms with E-state index in [4.69, 9.17) is 28.8 Å². The van der Waals surface area contributed by atoms with Crippen LogP contribution in [-0.2, 0) is 38.1 Å². The Morgan fingerprint density at radius 1 is 1.19 bits per heavy atom. The van der Waals surface area contributed by atoms with Crippen molar-refractivity contribution < 1.29 is 48.3 Å². The quantitative estimate of drug-likeness (QED) is 0.153. The maximum atomic E-state index is 13.0. The predicted molar refractivity (Wildman–Crippen MR) is 127 cm³/mol. The Balaban J connectivity index is 1.19. The molecule has 202 valence electrons. The number of carboxylic acids is 1. The predicted octanol–water partition coefficient (Wildman–Crippen LogP) is 1.85. The highest BCUT2D eigenvalue weighted by Crippen LogP contribution is 2.71. The molecule has 5 aliphatic rings. The van der Waals surface area contributed by atoms with E-state index in [0.29, 0.717) is 25.9 Å². The molecule has 2 N–H and O–H groups in total. The highest BCUT2D eigenvalue weighted by Gasteiger charge is 2.82. The number of carbonyl (C=O) groups is 3. The maximum absolute atomic E-state index is 13.0. The summed E-state index contributed by atoms with van der Waals surface area (Å²) in [5.74, 6) is -2.23. The highest BCUT2D eigenvalue weighted by atomic mass is 16.7. The molecule has 1 spiro atoms. The van der Waals surface area contributed by atoms with Gasteiger partial charge in [0.1, 0.15) is 17.8 Å². The van der Waals surface area contributed by atoms with Gasteiger partial charge in [0, 0.05) is 35.8 Å². The minimum atomic E-state index is -1.12. The second kappa shape index (κ2) is 9.04. The van der Waals surface area contributed by atoms with Gasteiger partial charge in [0.2, 0.25) is 0 Å². The van der Waals surface area contributed by atoms with E-state index in [-0.39, 0.29) is 25.4 Å². The molecule has 10 nitrogen and oxygen atoms in total. The number of ether oxygens (including phenoxy) is 5. The van der Waals surface area contributed by atoms with E-state index >= 15 is 0 Å². The largest absolute Gasteiger partial charge is 0.478 e. The van der Waals surface area contributed by atoms with Crippen LogP contribution >= 0.6 is 0 Å². The molecule has 0 radical (unpaired) electrons. The van der Waals surface area contributed by atoms with Crippen molar-refractivity contribution in [3.63, 3.8) is 0 Å². The summed E-state index contributed by atoms with van der Waals surface area (Å²) in [5.41, 5.74) is -1.36. The van der Waals surface area contributed by atoms with Crippen LogP contribution in [0.2, 0.25) is 0 Å². The molecule has 1 unspecified atom stereocenters. The average Bonchev–Trinajstić information content (AvgIpc) is 3.75. The molecule has 1 saturated carbocycles. The summed E-state index contributed by atoms with van der Waals surface area (Å²) in [6.07, 6.45) is 7.09. The molecular weight excluding hydrogens is 484 g/mol. The number of rotatable bonds is 9. The third-order valence-corrected chi connectivity index (χ3v) is 9.24. The molecule has 0 amide bonds. The number of aliphatic carboxylic acids is 1. The first-order chi connectivity index (χ1) is 17.5. The lowest BCUT2D eigenvalue weighted by Gasteiger charge is -2.58. The molecule has 4 fully saturated rings. The zero-order chi connectivity index (χ0) is 26.6. The van der Waals surface area contributed by atoms with Gasteiger partial charge in [-0.15, -0.1) is 0 Å². The fourth-order valence-corrected chi connectivity index (χ4v) is 6.67.